The highest BCUT2D eigenvalue weighted by molar-refractivity contribution is 6.63. The third-order valence-electron chi connectivity index (χ3n) is 2.98. The number of nitrogens with one attached hydrogen (secondary N) is 1. The molecule has 1 N–H and O–H groups in total. The van der Waals surface area contributed by atoms with Gasteiger partial charge in [0.15, 0.2) is 5.76 Å². The van der Waals surface area contributed by atoms with Gasteiger partial charge in [0, 0.05) is 13.0 Å². The summed E-state index contributed by atoms with van der Waals surface area (Å²) in [6.07, 6.45) is 0.644. The lowest BCUT2D eigenvalue weighted by atomic mass is 10.3. The number of hydrogen-bond donors (Lipinski definition) is 1. The van der Waals surface area contributed by atoms with Crippen LogP contribution in [0.5, 0.6) is 5.75 Å². The molecule has 0 bridgehead atoms. The van der Waals surface area contributed by atoms with Crippen molar-refractivity contribution >= 4 is 34.4 Å². The summed E-state index contributed by atoms with van der Waals surface area (Å²) in [6.45, 7) is 0.356. The highest BCUT2D eigenvalue weighted by Crippen LogP contribution is 2.25. The van der Waals surface area contributed by atoms with Crippen LogP contribution >= 0.6 is 23.2 Å². The number of carbonyl (C=O) groups excluding carboxylic acids is 2. The predicted molar refractivity (Wildman–Crippen MR) is 86.9 cm³/mol. The number of ether oxygens (including phenoxy) is 1. The van der Waals surface area contributed by atoms with Gasteiger partial charge in [0.2, 0.25) is 5.24 Å². The minimum absolute atomic E-state index is 0.0411. The molecule has 0 saturated heterocycles. The molecule has 0 atom stereocenters. The van der Waals surface area contributed by atoms with Gasteiger partial charge in [0.25, 0.3) is 5.91 Å². The smallest absolute Gasteiger partial charge is 0.286 e. The fourth-order valence-electron chi connectivity index (χ4n) is 1.84. The first-order valence-corrected chi connectivity index (χ1v) is 7.84. The first-order valence-electron chi connectivity index (χ1n) is 7.09. The van der Waals surface area contributed by atoms with Gasteiger partial charge in [0.05, 0.1) is 5.02 Å². The van der Waals surface area contributed by atoms with Crippen molar-refractivity contribution in [1.29, 1.82) is 0 Å². The Hall–Kier alpha value is -2.05. The molecule has 128 valence electrons. The van der Waals surface area contributed by atoms with Gasteiger partial charge in [-0.05, 0) is 48.4 Å². The van der Waals surface area contributed by atoms with Crippen LogP contribution in [0.2, 0.25) is 5.02 Å². The Morgan fingerprint density at radius 1 is 1.25 bits per heavy atom. The first-order chi connectivity index (χ1) is 11.5. The summed E-state index contributed by atoms with van der Waals surface area (Å²) in [4.78, 5) is 22.4. The molecule has 0 unspecified atom stereocenters. The molecule has 5 nitrogen and oxygen atoms in total. The molecule has 0 aliphatic rings. The zero-order chi connectivity index (χ0) is 17.5. The van der Waals surface area contributed by atoms with Crippen molar-refractivity contribution in [2.75, 3.05) is 6.54 Å². The first kappa shape index (κ1) is 18.3. The van der Waals surface area contributed by atoms with Crippen molar-refractivity contribution < 1.29 is 23.1 Å². The van der Waals surface area contributed by atoms with Crippen LogP contribution < -0.4 is 10.1 Å². The average Bonchev–Trinajstić information content (AvgIpc) is 2.99. The summed E-state index contributed by atoms with van der Waals surface area (Å²) < 4.78 is 23.7. The third-order valence-corrected chi connectivity index (χ3v) is 3.47. The van der Waals surface area contributed by atoms with E-state index in [1.165, 1.54) is 18.2 Å². The van der Waals surface area contributed by atoms with E-state index in [2.05, 4.69) is 5.32 Å². The van der Waals surface area contributed by atoms with Crippen molar-refractivity contribution in [1.82, 2.24) is 5.32 Å². The summed E-state index contributed by atoms with van der Waals surface area (Å²) in [7, 11) is 0. The Kier molecular flexibility index (Phi) is 6.63. The van der Waals surface area contributed by atoms with Gasteiger partial charge in [0.1, 0.15) is 23.9 Å². The Balaban J connectivity index is 1.84. The Labute approximate surface area is 147 Å². The summed E-state index contributed by atoms with van der Waals surface area (Å²) in [6, 6.07) is 6.88. The fraction of sp³-hybridized carbons (Fsp3) is 0.250. The predicted octanol–water partition coefficient (Wildman–Crippen LogP) is 3.93. The molecule has 0 saturated carbocycles. The van der Waals surface area contributed by atoms with Crippen LogP contribution in [0.25, 0.3) is 0 Å². The highest BCUT2D eigenvalue weighted by Gasteiger charge is 2.12. The molecule has 1 aromatic heterocycles. The van der Waals surface area contributed by atoms with Gasteiger partial charge in [-0.15, -0.1) is 0 Å². The van der Waals surface area contributed by atoms with E-state index in [0.29, 0.717) is 24.5 Å². The van der Waals surface area contributed by atoms with E-state index < -0.39 is 17.0 Å². The van der Waals surface area contributed by atoms with E-state index in [1.54, 1.807) is 6.07 Å². The van der Waals surface area contributed by atoms with E-state index in [9.17, 15) is 14.0 Å². The summed E-state index contributed by atoms with van der Waals surface area (Å²) in [5.41, 5.74) is 0. The molecule has 0 radical (unpaired) electrons. The molecule has 2 rings (SSSR count). The third kappa shape index (κ3) is 5.54. The maximum atomic E-state index is 12.9. The summed E-state index contributed by atoms with van der Waals surface area (Å²) in [5, 5.41) is 2.31. The second-order valence-corrected chi connectivity index (χ2v) is 5.67. The molecule has 0 aliphatic heterocycles. The number of halogens is 3. The van der Waals surface area contributed by atoms with Crippen LogP contribution in [0, 0.1) is 5.82 Å². The SMILES string of the molecule is O=C(Cl)CCCNC(=O)c1ccc(COc2ccc(F)cc2Cl)o1. The highest BCUT2D eigenvalue weighted by atomic mass is 35.5. The van der Waals surface area contributed by atoms with Gasteiger partial charge < -0.3 is 14.5 Å². The van der Waals surface area contributed by atoms with Crippen LogP contribution in [-0.4, -0.2) is 17.7 Å². The molecule has 8 heteroatoms. The van der Waals surface area contributed by atoms with Gasteiger partial charge in [-0.3, -0.25) is 9.59 Å². The summed E-state index contributed by atoms with van der Waals surface area (Å²) in [5.74, 6) is -0.0121. The van der Waals surface area contributed by atoms with Crippen molar-refractivity contribution in [3.05, 3.63) is 52.7 Å². The minimum Gasteiger partial charge on any atom is -0.484 e. The normalized spacial score (nSPS) is 10.5. The lowest BCUT2D eigenvalue weighted by Crippen LogP contribution is -2.24. The second-order valence-electron chi connectivity index (χ2n) is 4.84. The molecule has 0 fully saturated rings. The fourth-order valence-corrected chi connectivity index (χ4v) is 2.19. The molecule has 1 amide bonds. The molecular formula is C16H14Cl2FNO4. The standard InChI is InChI=1S/C16H14Cl2FNO4/c17-12-8-10(19)3-5-13(12)23-9-11-4-6-14(24-11)16(22)20-7-1-2-15(18)21/h3-6,8H,1-2,7,9H2,(H,20,22). The van der Waals surface area contributed by atoms with E-state index in [4.69, 9.17) is 32.4 Å². The number of hydrogen-bond acceptors (Lipinski definition) is 4. The van der Waals surface area contributed by atoms with E-state index in [0.717, 1.165) is 6.07 Å². The van der Waals surface area contributed by atoms with Gasteiger partial charge in [-0.1, -0.05) is 11.6 Å². The number of rotatable bonds is 8. The van der Waals surface area contributed by atoms with E-state index in [1.807, 2.05) is 0 Å². The molecular weight excluding hydrogens is 360 g/mol. The Bertz CT molecular complexity index is 733. The zero-order valence-corrected chi connectivity index (χ0v) is 14.0. The lowest BCUT2D eigenvalue weighted by Gasteiger charge is -2.06. The topological polar surface area (TPSA) is 68.5 Å². The molecule has 1 aromatic carbocycles. The van der Waals surface area contributed by atoms with Gasteiger partial charge in [-0.2, -0.15) is 0 Å². The summed E-state index contributed by atoms with van der Waals surface area (Å²) >= 11 is 11.1. The monoisotopic (exact) mass is 373 g/mol. The number of amides is 1. The Morgan fingerprint density at radius 2 is 2.04 bits per heavy atom. The van der Waals surface area contributed by atoms with E-state index in [-0.39, 0.29) is 23.8 Å². The van der Waals surface area contributed by atoms with Crippen LogP contribution in [0.15, 0.2) is 34.7 Å². The van der Waals surface area contributed by atoms with Crippen LogP contribution in [0.4, 0.5) is 4.39 Å². The number of benzene rings is 1. The lowest BCUT2D eigenvalue weighted by molar-refractivity contribution is -0.111. The number of carbonyl (C=O) groups is 2. The molecule has 0 aliphatic carbocycles. The maximum absolute atomic E-state index is 12.9. The molecule has 24 heavy (non-hydrogen) atoms. The van der Waals surface area contributed by atoms with Crippen LogP contribution in [0.3, 0.4) is 0 Å². The quantitative estimate of drug-likeness (QED) is 0.562. The van der Waals surface area contributed by atoms with E-state index >= 15 is 0 Å². The molecule has 2 aromatic rings. The molecule has 0 spiro atoms. The van der Waals surface area contributed by atoms with Crippen LogP contribution in [-0.2, 0) is 11.4 Å². The van der Waals surface area contributed by atoms with Crippen molar-refractivity contribution in [3.8, 4) is 5.75 Å². The minimum atomic E-state index is -0.458. The van der Waals surface area contributed by atoms with Crippen LogP contribution in [0.1, 0.15) is 29.2 Å². The zero-order valence-electron chi connectivity index (χ0n) is 12.5. The number of furan rings is 1. The van der Waals surface area contributed by atoms with Gasteiger partial charge in [-0.25, -0.2) is 4.39 Å². The van der Waals surface area contributed by atoms with Crippen molar-refractivity contribution in [2.24, 2.45) is 0 Å². The largest absolute Gasteiger partial charge is 0.484 e. The maximum Gasteiger partial charge on any atom is 0.286 e. The second kappa shape index (κ2) is 8.70. The molecule has 1 heterocycles. The van der Waals surface area contributed by atoms with Crippen molar-refractivity contribution in [3.63, 3.8) is 0 Å². The average molecular weight is 374 g/mol. The van der Waals surface area contributed by atoms with Crippen molar-refractivity contribution in [2.45, 2.75) is 19.4 Å². The Morgan fingerprint density at radius 3 is 2.75 bits per heavy atom. The van der Waals surface area contributed by atoms with Gasteiger partial charge >= 0.3 is 0 Å².